The molecule has 0 unspecified atom stereocenters. The first-order valence-corrected chi connectivity index (χ1v) is 9.70. The lowest BCUT2D eigenvalue weighted by Gasteiger charge is -2.05. The fraction of sp³-hybridized carbons (Fsp3) is 0.100. The zero-order valence-corrected chi connectivity index (χ0v) is 17.0. The average molecular weight is 447 g/mol. The molecule has 29 heavy (non-hydrogen) atoms. The molecule has 9 heteroatoms. The summed E-state index contributed by atoms with van der Waals surface area (Å²) in [7, 11) is 1.89. The first-order chi connectivity index (χ1) is 14.2. The molecule has 0 spiro atoms. The van der Waals surface area contributed by atoms with Gasteiger partial charge in [0.25, 0.3) is 5.78 Å². The number of halogens is 1. The highest BCUT2D eigenvalue weighted by atomic mass is 79.9. The van der Waals surface area contributed by atoms with Crippen LogP contribution in [0.25, 0.3) is 28.3 Å². The Kier molecular flexibility index (Phi) is 4.36. The molecule has 0 fully saturated rings. The molecule has 5 rings (SSSR count). The molecule has 4 heterocycles. The molecule has 0 saturated heterocycles. The lowest BCUT2D eigenvalue weighted by molar-refractivity contribution is 0.768. The van der Waals surface area contributed by atoms with Crippen LogP contribution in [0.4, 0.5) is 0 Å². The van der Waals surface area contributed by atoms with Crippen LogP contribution in [-0.4, -0.2) is 39.3 Å². The van der Waals surface area contributed by atoms with Crippen molar-refractivity contribution >= 4 is 21.7 Å². The standard InChI is InChI=1S/C20H15BrN8/c1-28-11-16(8-25-28)15-7-24-20-27-26-18(29(20)12-15)6-13-3-2-4-14(5-13)19-22-9-17(21)10-23-19/h2-5,7-12H,6H2,1H3. The number of aromatic nitrogens is 8. The first kappa shape index (κ1) is 17.6. The van der Waals surface area contributed by atoms with Gasteiger partial charge in [0.05, 0.1) is 10.7 Å². The van der Waals surface area contributed by atoms with Gasteiger partial charge in [-0.05, 0) is 27.6 Å². The van der Waals surface area contributed by atoms with Crippen molar-refractivity contribution in [2.45, 2.75) is 6.42 Å². The second-order valence-electron chi connectivity index (χ2n) is 6.63. The van der Waals surface area contributed by atoms with E-state index in [2.05, 4.69) is 58.3 Å². The molecule has 4 aromatic heterocycles. The van der Waals surface area contributed by atoms with Crippen molar-refractivity contribution in [2.24, 2.45) is 7.05 Å². The Balaban J connectivity index is 1.49. The summed E-state index contributed by atoms with van der Waals surface area (Å²) < 4.78 is 4.54. The fourth-order valence-corrected chi connectivity index (χ4v) is 3.34. The molecule has 0 amide bonds. The van der Waals surface area contributed by atoms with Gasteiger partial charge in [0, 0.05) is 61.1 Å². The lowest BCUT2D eigenvalue weighted by atomic mass is 10.1. The van der Waals surface area contributed by atoms with Gasteiger partial charge in [-0.25, -0.2) is 15.0 Å². The summed E-state index contributed by atoms with van der Waals surface area (Å²) >= 11 is 3.37. The van der Waals surface area contributed by atoms with E-state index in [0.717, 1.165) is 32.6 Å². The summed E-state index contributed by atoms with van der Waals surface area (Å²) in [5, 5.41) is 12.8. The number of hydrogen-bond acceptors (Lipinski definition) is 6. The van der Waals surface area contributed by atoms with Crippen LogP contribution in [0.3, 0.4) is 0 Å². The molecule has 0 aliphatic rings. The van der Waals surface area contributed by atoms with Crippen molar-refractivity contribution in [3.05, 3.63) is 77.3 Å². The summed E-state index contributed by atoms with van der Waals surface area (Å²) in [6, 6.07) is 8.12. The van der Waals surface area contributed by atoms with Crippen molar-refractivity contribution < 1.29 is 0 Å². The summed E-state index contributed by atoms with van der Waals surface area (Å²) in [4.78, 5) is 13.2. The summed E-state index contributed by atoms with van der Waals surface area (Å²) in [5.74, 6) is 2.06. The number of nitrogens with zero attached hydrogens (tertiary/aromatic N) is 8. The van der Waals surface area contributed by atoms with Crippen LogP contribution in [-0.2, 0) is 13.5 Å². The van der Waals surface area contributed by atoms with Crippen molar-refractivity contribution in [2.75, 3.05) is 0 Å². The number of fused-ring (bicyclic) bond motifs is 1. The van der Waals surface area contributed by atoms with Gasteiger partial charge in [-0.1, -0.05) is 18.2 Å². The Labute approximate surface area is 174 Å². The zero-order chi connectivity index (χ0) is 19.8. The highest BCUT2D eigenvalue weighted by Gasteiger charge is 2.11. The minimum atomic E-state index is 0.569. The maximum absolute atomic E-state index is 4.43. The van der Waals surface area contributed by atoms with E-state index in [0.29, 0.717) is 18.0 Å². The van der Waals surface area contributed by atoms with Gasteiger partial charge in [0.1, 0.15) is 5.82 Å². The van der Waals surface area contributed by atoms with E-state index >= 15 is 0 Å². The molecule has 0 saturated carbocycles. The van der Waals surface area contributed by atoms with E-state index < -0.39 is 0 Å². The highest BCUT2D eigenvalue weighted by Crippen LogP contribution is 2.21. The van der Waals surface area contributed by atoms with E-state index in [1.807, 2.05) is 42.2 Å². The Hall–Kier alpha value is -3.46. The molecule has 1 aromatic carbocycles. The topological polar surface area (TPSA) is 86.7 Å². The van der Waals surface area contributed by atoms with Crippen LogP contribution in [0.5, 0.6) is 0 Å². The number of rotatable bonds is 4. The van der Waals surface area contributed by atoms with Gasteiger partial charge < -0.3 is 0 Å². The molecule has 142 valence electrons. The van der Waals surface area contributed by atoms with E-state index in [4.69, 9.17) is 0 Å². The van der Waals surface area contributed by atoms with Crippen LogP contribution in [0, 0.1) is 0 Å². The molecule has 0 aliphatic heterocycles. The summed E-state index contributed by atoms with van der Waals surface area (Å²) in [6.45, 7) is 0. The zero-order valence-electron chi connectivity index (χ0n) is 15.4. The van der Waals surface area contributed by atoms with Crippen LogP contribution >= 0.6 is 15.9 Å². The smallest absolute Gasteiger partial charge is 0.254 e. The second kappa shape index (κ2) is 7.17. The predicted octanol–water partition coefficient (Wildman–Crippen LogP) is 3.34. The summed E-state index contributed by atoms with van der Waals surface area (Å²) in [5.41, 5.74) is 4.01. The molecule has 0 N–H and O–H groups in total. The number of aryl methyl sites for hydroxylation is 1. The molecule has 0 radical (unpaired) electrons. The van der Waals surface area contributed by atoms with Crippen LogP contribution in [0.15, 0.2) is 65.9 Å². The van der Waals surface area contributed by atoms with Crippen LogP contribution in [0.2, 0.25) is 0 Å². The largest absolute Gasteiger partial charge is 0.275 e. The lowest BCUT2D eigenvalue weighted by Crippen LogP contribution is -1.99. The third-order valence-corrected chi connectivity index (χ3v) is 4.95. The molecule has 0 bridgehead atoms. The molecule has 0 aliphatic carbocycles. The molecule has 5 aromatic rings. The van der Waals surface area contributed by atoms with Gasteiger partial charge in [-0.15, -0.1) is 10.2 Å². The Morgan fingerprint density at radius 1 is 0.897 bits per heavy atom. The minimum Gasteiger partial charge on any atom is -0.275 e. The first-order valence-electron chi connectivity index (χ1n) is 8.91. The van der Waals surface area contributed by atoms with Crippen molar-refractivity contribution in [3.8, 4) is 22.5 Å². The fourth-order valence-electron chi connectivity index (χ4n) is 3.14. The second-order valence-corrected chi connectivity index (χ2v) is 7.55. The number of benzene rings is 1. The van der Waals surface area contributed by atoms with Crippen LogP contribution in [0.1, 0.15) is 11.4 Å². The molecule has 8 nitrogen and oxygen atoms in total. The average Bonchev–Trinajstić information content (AvgIpc) is 3.35. The minimum absolute atomic E-state index is 0.569. The van der Waals surface area contributed by atoms with Crippen molar-refractivity contribution in [1.29, 1.82) is 0 Å². The molecular formula is C20H15BrN8. The Bertz CT molecular complexity index is 1310. The molecule has 0 atom stereocenters. The normalized spacial score (nSPS) is 11.2. The van der Waals surface area contributed by atoms with Crippen LogP contribution < -0.4 is 0 Å². The van der Waals surface area contributed by atoms with Crippen molar-refractivity contribution in [3.63, 3.8) is 0 Å². The van der Waals surface area contributed by atoms with E-state index in [1.54, 1.807) is 23.3 Å². The maximum atomic E-state index is 4.43. The van der Waals surface area contributed by atoms with E-state index in [-0.39, 0.29) is 0 Å². The highest BCUT2D eigenvalue weighted by molar-refractivity contribution is 9.10. The van der Waals surface area contributed by atoms with Gasteiger partial charge >= 0.3 is 0 Å². The van der Waals surface area contributed by atoms with E-state index in [9.17, 15) is 0 Å². The molecular weight excluding hydrogens is 432 g/mol. The van der Waals surface area contributed by atoms with E-state index in [1.165, 1.54) is 0 Å². The quantitative estimate of drug-likeness (QED) is 0.420. The Morgan fingerprint density at radius 3 is 2.52 bits per heavy atom. The third-order valence-electron chi connectivity index (χ3n) is 4.54. The van der Waals surface area contributed by atoms with Gasteiger partial charge in [0.2, 0.25) is 0 Å². The third kappa shape index (κ3) is 3.52. The monoisotopic (exact) mass is 446 g/mol. The van der Waals surface area contributed by atoms with Crippen molar-refractivity contribution in [1.82, 2.24) is 39.3 Å². The maximum Gasteiger partial charge on any atom is 0.254 e. The van der Waals surface area contributed by atoms with Gasteiger partial charge in [-0.2, -0.15) is 5.10 Å². The Morgan fingerprint density at radius 2 is 1.72 bits per heavy atom. The SMILES string of the molecule is Cn1cc(-c2cnc3nnc(Cc4cccc(-c5ncc(Br)cn5)c4)n3c2)cn1. The predicted molar refractivity (Wildman–Crippen MR) is 111 cm³/mol. The van der Waals surface area contributed by atoms with Gasteiger partial charge in [0.15, 0.2) is 5.82 Å². The summed E-state index contributed by atoms with van der Waals surface area (Å²) in [6.07, 6.45) is 11.7. The van der Waals surface area contributed by atoms with Gasteiger partial charge in [-0.3, -0.25) is 9.08 Å². The number of hydrogen-bond donors (Lipinski definition) is 0.